The minimum Gasteiger partial charge on any atom is -0.288 e. The summed E-state index contributed by atoms with van der Waals surface area (Å²) < 4.78 is 14.4. The molecule has 0 aliphatic carbocycles. The summed E-state index contributed by atoms with van der Waals surface area (Å²) in [6.07, 6.45) is 0. The lowest BCUT2D eigenvalue weighted by atomic mass is 10.1. The molecular formula is C11H4Br2ClFOS. The molecule has 0 radical (unpaired) electrons. The molecule has 88 valence electrons. The van der Waals surface area contributed by atoms with Crippen molar-refractivity contribution in [2.75, 3.05) is 0 Å². The summed E-state index contributed by atoms with van der Waals surface area (Å²) in [5, 5.41) is 0.480. The minimum absolute atomic E-state index is 0.247. The second-order valence-electron chi connectivity index (χ2n) is 3.22. The number of carbonyl (C=O) groups is 1. The fourth-order valence-corrected chi connectivity index (χ4v) is 3.41. The Balaban J connectivity index is 2.43. The fourth-order valence-electron chi connectivity index (χ4n) is 1.29. The topological polar surface area (TPSA) is 17.1 Å². The first-order chi connectivity index (χ1) is 7.97. The highest BCUT2D eigenvalue weighted by Gasteiger charge is 2.15. The molecule has 17 heavy (non-hydrogen) atoms. The van der Waals surface area contributed by atoms with Crippen molar-refractivity contribution < 1.29 is 9.18 Å². The third-order valence-electron chi connectivity index (χ3n) is 1.99. The number of benzene rings is 1. The van der Waals surface area contributed by atoms with Gasteiger partial charge in [0.1, 0.15) is 5.82 Å². The molecule has 0 aliphatic rings. The molecule has 0 amide bonds. The third kappa shape index (κ3) is 2.96. The fraction of sp³-hybridized carbons (Fsp3) is 0. The van der Waals surface area contributed by atoms with Gasteiger partial charge >= 0.3 is 0 Å². The smallest absolute Gasteiger partial charge is 0.203 e. The maximum absolute atomic E-state index is 13.2. The zero-order chi connectivity index (χ0) is 12.6. The van der Waals surface area contributed by atoms with Crippen LogP contribution in [0.2, 0.25) is 5.02 Å². The summed E-state index contributed by atoms with van der Waals surface area (Å²) in [4.78, 5) is 12.5. The summed E-state index contributed by atoms with van der Waals surface area (Å²) >= 11 is 13.5. The molecule has 0 bridgehead atoms. The van der Waals surface area contributed by atoms with Crippen LogP contribution in [0.4, 0.5) is 4.39 Å². The molecule has 2 aromatic rings. The zero-order valence-corrected chi connectivity index (χ0v) is 12.9. The van der Waals surface area contributed by atoms with E-state index in [0.717, 1.165) is 0 Å². The Morgan fingerprint density at radius 1 is 1.24 bits per heavy atom. The van der Waals surface area contributed by atoms with E-state index >= 15 is 0 Å². The van der Waals surface area contributed by atoms with Crippen molar-refractivity contribution in [1.29, 1.82) is 0 Å². The number of hydrogen-bond acceptors (Lipinski definition) is 2. The quantitative estimate of drug-likeness (QED) is 0.628. The molecule has 1 heterocycles. The van der Waals surface area contributed by atoms with Gasteiger partial charge in [-0.1, -0.05) is 27.5 Å². The first-order valence-corrected chi connectivity index (χ1v) is 7.21. The van der Waals surface area contributed by atoms with Crippen molar-refractivity contribution >= 4 is 60.6 Å². The molecule has 0 spiro atoms. The van der Waals surface area contributed by atoms with E-state index in [1.165, 1.54) is 23.5 Å². The second kappa shape index (κ2) is 5.18. The molecule has 1 nitrogen and oxygen atoms in total. The van der Waals surface area contributed by atoms with Crippen molar-refractivity contribution in [2.24, 2.45) is 0 Å². The Hall–Kier alpha value is -0.230. The van der Waals surface area contributed by atoms with Gasteiger partial charge in [0.05, 0.1) is 13.7 Å². The molecule has 0 atom stereocenters. The highest BCUT2D eigenvalue weighted by molar-refractivity contribution is 9.11. The largest absolute Gasteiger partial charge is 0.288 e. The SMILES string of the molecule is O=C(c1cc(F)cc(Br)c1)c1cc(Cl)c(Br)s1. The summed E-state index contributed by atoms with van der Waals surface area (Å²) in [6, 6.07) is 5.65. The van der Waals surface area contributed by atoms with Crippen LogP contribution in [0.1, 0.15) is 15.2 Å². The van der Waals surface area contributed by atoms with Gasteiger partial charge in [-0.15, -0.1) is 11.3 Å². The van der Waals surface area contributed by atoms with Crippen molar-refractivity contribution in [3.63, 3.8) is 0 Å². The number of rotatable bonds is 2. The highest BCUT2D eigenvalue weighted by Crippen LogP contribution is 2.33. The first-order valence-electron chi connectivity index (χ1n) is 4.43. The number of halogens is 4. The van der Waals surface area contributed by atoms with Crippen LogP contribution in [-0.2, 0) is 0 Å². The monoisotopic (exact) mass is 396 g/mol. The van der Waals surface area contributed by atoms with Crippen LogP contribution < -0.4 is 0 Å². The van der Waals surface area contributed by atoms with Crippen LogP contribution in [0.25, 0.3) is 0 Å². The molecule has 0 saturated heterocycles. The molecular weight excluding hydrogens is 394 g/mol. The van der Waals surface area contributed by atoms with E-state index in [2.05, 4.69) is 31.9 Å². The minimum atomic E-state index is -0.454. The summed E-state index contributed by atoms with van der Waals surface area (Å²) in [5.41, 5.74) is 0.294. The van der Waals surface area contributed by atoms with Gasteiger partial charge in [0, 0.05) is 10.0 Å². The van der Waals surface area contributed by atoms with Gasteiger partial charge in [0.25, 0.3) is 0 Å². The van der Waals surface area contributed by atoms with E-state index in [1.807, 2.05) is 0 Å². The molecule has 0 saturated carbocycles. The Morgan fingerprint density at radius 2 is 1.94 bits per heavy atom. The summed E-state index contributed by atoms with van der Waals surface area (Å²) in [7, 11) is 0. The highest BCUT2D eigenvalue weighted by atomic mass is 79.9. The van der Waals surface area contributed by atoms with Crippen molar-refractivity contribution in [3.8, 4) is 0 Å². The van der Waals surface area contributed by atoms with Crippen LogP contribution in [-0.4, -0.2) is 5.78 Å². The normalized spacial score (nSPS) is 10.6. The Kier molecular flexibility index (Phi) is 4.02. The van der Waals surface area contributed by atoms with Gasteiger partial charge in [-0.05, 0) is 40.2 Å². The number of carbonyl (C=O) groups excluding carboxylic acids is 1. The number of ketones is 1. The number of hydrogen-bond donors (Lipinski definition) is 0. The lowest BCUT2D eigenvalue weighted by molar-refractivity contribution is 0.104. The lowest BCUT2D eigenvalue weighted by Crippen LogP contribution is -1.99. The van der Waals surface area contributed by atoms with E-state index < -0.39 is 5.82 Å². The Bertz CT molecular complexity index is 557. The standard InChI is InChI=1S/C11H4Br2ClFOS/c12-6-1-5(2-7(15)3-6)10(16)9-4-8(14)11(13)17-9/h1-4H. The van der Waals surface area contributed by atoms with Crippen LogP contribution in [0, 0.1) is 5.82 Å². The maximum Gasteiger partial charge on any atom is 0.203 e. The van der Waals surface area contributed by atoms with Gasteiger partial charge < -0.3 is 0 Å². The summed E-state index contributed by atoms with van der Waals surface area (Å²) in [5.74, 6) is -0.702. The molecule has 2 rings (SSSR count). The van der Waals surface area contributed by atoms with Crippen LogP contribution >= 0.6 is 54.8 Å². The Labute approximate surface area is 123 Å². The molecule has 0 unspecified atom stereocenters. The van der Waals surface area contributed by atoms with Gasteiger partial charge in [-0.3, -0.25) is 4.79 Å². The van der Waals surface area contributed by atoms with Crippen LogP contribution in [0.15, 0.2) is 32.5 Å². The van der Waals surface area contributed by atoms with E-state index in [-0.39, 0.29) is 5.78 Å². The van der Waals surface area contributed by atoms with Gasteiger partial charge in [-0.2, -0.15) is 0 Å². The maximum atomic E-state index is 13.2. The molecule has 1 aromatic carbocycles. The molecule has 0 aliphatic heterocycles. The average molecular weight is 398 g/mol. The second-order valence-corrected chi connectivity index (χ2v) is 6.91. The van der Waals surface area contributed by atoms with Crippen molar-refractivity contribution in [3.05, 3.63) is 53.8 Å². The van der Waals surface area contributed by atoms with Gasteiger partial charge in [0.2, 0.25) is 5.78 Å². The number of thiophene rings is 1. The molecule has 0 N–H and O–H groups in total. The predicted molar refractivity (Wildman–Crippen MR) is 74.6 cm³/mol. The molecule has 6 heteroatoms. The van der Waals surface area contributed by atoms with E-state index in [1.54, 1.807) is 12.1 Å². The third-order valence-corrected chi connectivity index (χ3v) is 4.93. The lowest BCUT2D eigenvalue weighted by Gasteiger charge is -1.99. The van der Waals surface area contributed by atoms with Crippen molar-refractivity contribution in [2.45, 2.75) is 0 Å². The van der Waals surface area contributed by atoms with E-state index in [4.69, 9.17) is 11.6 Å². The van der Waals surface area contributed by atoms with Crippen molar-refractivity contribution in [1.82, 2.24) is 0 Å². The zero-order valence-electron chi connectivity index (χ0n) is 8.14. The van der Waals surface area contributed by atoms with E-state index in [9.17, 15) is 9.18 Å². The van der Waals surface area contributed by atoms with Gasteiger partial charge in [0.15, 0.2) is 0 Å². The average Bonchev–Trinajstić information content (AvgIpc) is 2.57. The van der Waals surface area contributed by atoms with E-state index in [0.29, 0.717) is 23.7 Å². The predicted octanol–water partition coefficient (Wildman–Crippen LogP) is 5.30. The molecule has 0 fully saturated rings. The first kappa shape index (κ1) is 13.2. The van der Waals surface area contributed by atoms with Crippen LogP contribution in [0.5, 0.6) is 0 Å². The van der Waals surface area contributed by atoms with Gasteiger partial charge in [-0.25, -0.2) is 4.39 Å². The molecule has 1 aromatic heterocycles. The summed E-state index contributed by atoms with van der Waals surface area (Å²) in [6.45, 7) is 0. The Morgan fingerprint density at radius 3 is 2.47 bits per heavy atom. The van der Waals surface area contributed by atoms with Crippen LogP contribution in [0.3, 0.4) is 0 Å².